The lowest BCUT2D eigenvalue weighted by Crippen LogP contribution is -2.31. The van der Waals surface area contributed by atoms with Gasteiger partial charge in [-0.3, -0.25) is 0 Å². The van der Waals surface area contributed by atoms with Crippen LogP contribution in [0.15, 0.2) is 59.8 Å². The topological polar surface area (TPSA) is 82.4 Å². The Morgan fingerprint density at radius 2 is 1.58 bits per heavy atom. The van der Waals surface area contributed by atoms with Gasteiger partial charge in [-0.1, -0.05) is 32.9 Å². The normalized spacial score (nSPS) is 13.1. The van der Waals surface area contributed by atoms with Gasteiger partial charge in [0.05, 0.1) is 19.1 Å². The number of ether oxygens (including phenoxy) is 2. The van der Waals surface area contributed by atoms with E-state index in [1.165, 1.54) is 0 Å². The molecule has 1 unspecified atom stereocenters. The van der Waals surface area contributed by atoms with Crippen molar-refractivity contribution >= 4 is 10.0 Å². The molecule has 2 aromatic carbocycles. The summed E-state index contributed by atoms with van der Waals surface area (Å²) in [5.41, 5.74) is 1.65. The summed E-state index contributed by atoms with van der Waals surface area (Å²) in [6, 6.07) is 11.5. The van der Waals surface area contributed by atoms with Crippen LogP contribution in [-0.2, 0) is 22.5 Å². The fraction of sp³-hybridized carbons (Fsp3) is 0.348. The Bertz CT molecular complexity index is 1120. The Hall–Kier alpha value is -2.84. The molecule has 0 bridgehead atoms. The van der Waals surface area contributed by atoms with Crippen molar-refractivity contribution in [2.45, 2.75) is 37.1 Å². The first-order valence-corrected chi connectivity index (χ1v) is 11.4. The number of methoxy groups -OCH3 is 2. The van der Waals surface area contributed by atoms with Crippen LogP contribution in [0.2, 0.25) is 0 Å². The first kappa shape index (κ1) is 22.8. The minimum atomic E-state index is -3.84. The van der Waals surface area contributed by atoms with Gasteiger partial charge in [-0.15, -0.1) is 0 Å². The first-order valence-electron chi connectivity index (χ1n) is 9.88. The largest absolute Gasteiger partial charge is 0.497 e. The fourth-order valence-corrected chi connectivity index (χ4v) is 4.46. The summed E-state index contributed by atoms with van der Waals surface area (Å²) in [4.78, 5) is 4.57. The predicted octanol–water partition coefficient (Wildman–Crippen LogP) is 3.80. The van der Waals surface area contributed by atoms with Crippen molar-refractivity contribution in [3.8, 4) is 11.5 Å². The minimum absolute atomic E-state index is 0.0671. The maximum Gasteiger partial charge on any atom is 0.241 e. The zero-order valence-electron chi connectivity index (χ0n) is 18.7. The number of nitrogens with one attached hydrogen (secondary N) is 1. The van der Waals surface area contributed by atoms with Crippen LogP contribution in [0.25, 0.3) is 0 Å². The number of aromatic nitrogens is 2. The van der Waals surface area contributed by atoms with Gasteiger partial charge in [0, 0.05) is 25.5 Å². The smallest absolute Gasteiger partial charge is 0.241 e. The Kier molecular flexibility index (Phi) is 6.43. The third-order valence-corrected chi connectivity index (χ3v) is 6.57. The Balaban J connectivity index is 2.05. The van der Waals surface area contributed by atoms with Crippen molar-refractivity contribution in [1.82, 2.24) is 14.3 Å². The molecule has 0 fully saturated rings. The second-order valence-electron chi connectivity index (χ2n) is 8.37. The number of hydrogen-bond donors (Lipinski definition) is 1. The molecule has 1 atom stereocenters. The van der Waals surface area contributed by atoms with Crippen molar-refractivity contribution < 1.29 is 17.9 Å². The maximum absolute atomic E-state index is 13.3. The Morgan fingerprint density at radius 3 is 2.03 bits per heavy atom. The van der Waals surface area contributed by atoms with E-state index in [0.29, 0.717) is 22.9 Å². The molecular formula is C23H29N3O4S. The summed E-state index contributed by atoms with van der Waals surface area (Å²) in [7, 11) is 1.08. The van der Waals surface area contributed by atoms with Crippen LogP contribution in [0.3, 0.4) is 0 Å². The number of rotatable bonds is 7. The van der Waals surface area contributed by atoms with Crippen LogP contribution >= 0.6 is 0 Å². The zero-order valence-corrected chi connectivity index (χ0v) is 19.5. The molecule has 0 aliphatic carbocycles. The third-order valence-electron chi connectivity index (χ3n) is 5.13. The van der Waals surface area contributed by atoms with E-state index >= 15 is 0 Å². The molecule has 1 aromatic heterocycles. The molecule has 3 rings (SSSR count). The van der Waals surface area contributed by atoms with Crippen LogP contribution in [0.1, 0.15) is 43.8 Å². The van der Waals surface area contributed by atoms with Gasteiger partial charge in [0.15, 0.2) is 0 Å². The van der Waals surface area contributed by atoms with E-state index in [4.69, 9.17) is 9.47 Å². The highest BCUT2D eigenvalue weighted by molar-refractivity contribution is 7.89. The van der Waals surface area contributed by atoms with Crippen molar-refractivity contribution in [2.75, 3.05) is 14.2 Å². The van der Waals surface area contributed by atoms with Gasteiger partial charge >= 0.3 is 0 Å². The van der Waals surface area contributed by atoms with Crippen molar-refractivity contribution in [3.63, 3.8) is 0 Å². The summed E-state index contributed by atoms with van der Waals surface area (Å²) in [5, 5.41) is 0. The minimum Gasteiger partial charge on any atom is -0.497 e. The van der Waals surface area contributed by atoms with Crippen LogP contribution in [0, 0.1) is 0 Å². The zero-order chi connectivity index (χ0) is 22.8. The first-order chi connectivity index (χ1) is 14.5. The Morgan fingerprint density at radius 1 is 1.00 bits per heavy atom. The lowest BCUT2D eigenvalue weighted by atomic mass is 9.87. The number of aryl methyl sites for hydroxylation is 1. The van der Waals surface area contributed by atoms with Crippen LogP contribution in [0.5, 0.6) is 11.5 Å². The summed E-state index contributed by atoms with van der Waals surface area (Å²) in [5.74, 6) is 1.66. The lowest BCUT2D eigenvalue weighted by Gasteiger charge is -2.22. The van der Waals surface area contributed by atoms with Gasteiger partial charge in [-0.05, 0) is 40.8 Å². The van der Waals surface area contributed by atoms with Gasteiger partial charge in [0.2, 0.25) is 10.0 Å². The fourth-order valence-electron chi connectivity index (χ4n) is 3.28. The van der Waals surface area contributed by atoms with Gasteiger partial charge in [0.1, 0.15) is 23.4 Å². The summed E-state index contributed by atoms with van der Waals surface area (Å²) in [6.45, 7) is 6.26. The third kappa shape index (κ3) is 5.08. The maximum atomic E-state index is 13.3. The van der Waals surface area contributed by atoms with Crippen LogP contribution in [0.4, 0.5) is 0 Å². The van der Waals surface area contributed by atoms with Gasteiger partial charge in [-0.2, -0.15) is 4.72 Å². The number of imidazole rings is 1. The highest BCUT2D eigenvalue weighted by atomic mass is 32.2. The van der Waals surface area contributed by atoms with Gasteiger partial charge in [-0.25, -0.2) is 13.4 Å². The SMILES string of the molecule is COc1cc(OC)cc(C(NS(=O)(=O)c2ccc(C(C)(C)C)cc2)c2nccn2C)c1. The molecule has 31 heavy (non-hydrogen) atoms. The van der Waals surface area contributed by atoms with Gasteiger partial charge in [0.25, 0.3) is 0 Å². The molecule has 1 heterocycles. The summed E-state index contributed by atoms with van der Waals surface area (Å²) >= 11 is 0. The van der Waals surface area contributed by atoms with Crippen molar-refractivity contribution in [2.24, 2.45) is 7.05 Å². The van der Waals surface area contributed by atoms with Crippen molar-refractivity contribution in [3.05, 3.63) is 71.8 Å². The molecule has 7 nitrogen and oxygen atoms in total. The standard InChI is InChI=1S/C23H29N3O4S/c1-23(2,3)17-7-9-20(10-8-17)31(27,28)25-21(22-24-11-12-26(22)4)16-13-18(29-5)15-19(14-16)30-6/h7-15,21,25H,1-6H3. The van der Waals surface area contributed by atoms with E-state index in [1.54, 1.807) is 61.5 Å². The average molecular weight is 444 g/mol. The molecule has 0 aliphatic heterocycles. The number of hydrogen-bond acceptors (Lipinski definition) is 5. The highest BCUT2D eigenvalue weighted by Gasteiger charge is 2.27. The number of nitrogens with zero attached hydrogens (tertiary/aromatic N) is 2. The molecule has 0 radical (unpaired) electrons. The molecule has 1 N–H and O–H groups in total. The summed E-state index contributed by atoms with van der Waals surface area (Å²) < 4.78 is 41.9. The Labute approximate surface area is 184 Å². The van der Waals surface area contributed by atoms with Crippen molar-refractivity contribution in [1.29, 1.82) is 0 Å². The van der Waals surface area contributed by atoms with E-state index < -0.39 is 16.1 Å². The van der Waals surface area contributed by atoms with E-state index in [1.807, 2.05) is 19.2 Å². The molecule has 166 valence electrons. The number of sulfonamides is 1. The second-order valence-corrected chi connectivity index (χ2v) is 10.1. The monoisotopic (exact) mass is 443 g/mol. The van der Waals surface area contributed by atoms with E-state index in [-0.39, 0.29) is 10.3 Å². The molecule has 0 spiro atoms. The van der Waals surface area contributed by atoms with Gasteiger partial charge < -0.3 is 14.0 Å². The number of benzene rings is 2. The molecule has 8 heteroatoms. The van der Waals surface area contributed by atoms with E-state index in [2.05, 4.69) is 30.5 Å². The predicted molar refractivity (Wildman–Crippen MR) is 120 cm³/mol. The van der Waals surface area contributed by atoms with Crippen LogP contribution < -0.4 is 14.2 Å². The van der Waals surface area contributed by atoms with Crippen LogP contribution in [-0.4, -0.2) is 32.2 Å². The molecule has 0 saturated carbocycles. The second kappa shape index (κ2) is 8.72. The average Bonchev–Trinajstić information content (AvgIpc) is 3.16. The molecule has 0 amide bonds. The molecule has 3 aromatic rings. The quantitative estimate of drug-likeness (QED) is 0.601. The lowest BCUT2D eigenvalue weighted by molar-refractivity contribution is 0.392. The highest BCUT2D eigenvalue weighted by Crippen LogP contribution is 2.31. The molecule has 0 saturated heterocycles. The van der Waals surface area contributed by atoms with E-state index in [9.17, 15) is 8.42 Å². The molecule has 0 aliphatic rings. The molecular weight excluding hydrogens is 414 g/mol. The summed E-state index contributed by atoms with van der Waals surface area (Å²) in [6.07, 6.45) is 3.40. The van der Waals surface area contributed by atoms with E-state index in [0.717, 1.165) is 5.56 Å².